The lowest BCUT2D eigenvalue weighted by molar-refractivity contribution is -0.141. The maximum absolute atomic E-state index is 11.8. The highest BCUT2D eigenvalue weighted by Gasteiger charge is 2.30. The average Bonchev–Trinajstić information content (AvgIpc) is 2.00. The van der Waals surface area contributed by atoms with Crippen LogP contribution in [0.15, 0.2) is 0 Å². The Morgan fingerprint density at radius 2 is 1.86 bits per heavy atom. The molecule has 4 heteroatoms. The standard InChI is InChI=1S/C10H19NO3/c1-5-11-7(6-8(12)13)9(14)10(2,3)4/h7,11H,5-6H2,1-4H3,(H,12,13). The largest absolute Gasteiger partial charge is 0.481 e. The Morgan fingerprint density at radius 3 is 2.14 bits per heavy atom. The number of likely N-dealkylation sites (N-methyl/N-ethyl adjacent to an activating group) is 1. The van der Waals surface area contributed by atoms with E-state index < -0.39 is 17.4 Å². The summed E-state index contributed by atoms with van der Waals surface area (Å²) in [6.07, 6.45) is -0.149. The lowest BCUT2D eigenvalue weighted by Gasteiger charge is -2.23. The highest BCUT2D eigenvalue weighted by molar-refractivity contribution is 5.91. The number of nitrogens with one attached hydrogen (secondary N) is 1. The van der Waals surface area contributed by atoms with E-state index in [0.717, 1.165) is 0 Å². The summed E-state index contributed by atoms with van der Waals surface area (Å²) in [5, 5.41) is 11.5. The van der Waals surface area contributed by atoms with Crippen LogP contribution in [0.1, 0.15) is 34.1 Å². The van der Waals surface area contributed by atoms with Crippen molar-refractivity contribution in [3.05, 3.63) is 0 Å². The Bertz CT molecular complexity index is 218. The molecule has 1 unspecified atom stereocenters. The Balaban J connectivity index is 4.49. The molecule has 4 nitrogen and oxygen atoms in total. The van der Waals surface area contributed by atoms with E-state index in [1.807, 2.05) is 6.92 Å². The van der Waals surface area contributed by atoms with Crippen LogP contribution in [0.5, 0.6) is 0 Å². The molecule has 0 aromatic carbocycles. The molecular weight excluding hydrogens is 182 g/mol. The summed E-state index contributed by atoms with van der Waals surface area (Å²) in [5.74, 6) is -1.00. The molecule has 0 fully saturated rings. The first-order chi connectivity index (χ1) is 6.29. The van der Waals surface area contributed by atoms with E-state index in [0.29, 0.717) is 6.54 Å². The summed E-state index contributed by atoms with van der Waals surface area (Å²) in [4.78, 5) is 22.3. The van der Waals surface area contributed by atoms with Crippen LogP contribution in [-0.2, 0) is 9.59 Å². The van der Waals surface area contributed by atoms with Gasteiger partial charge in [0.05, 0.1) is 12.5 Å². The number of rotatable bonds is 5. The minimum atomic E-state index is -0.950. The highest BCUT2D eigenvalue weighted by atomic mass is 16.4. The normalized spacial score (nSPS) is 13.7. The Kier molecular flexibility index (Phi) is 4.77. The van der Waals surface area contributed by atoms with Crippen LogP contribution >= 0.6 is 0 Å². The minimum Gasteiger partial charge on any atom is -0.481 e. The van der Waals surface area contributed by atoms with Gasteiger partial charge in [-0.1, -0.05) is 27.7 Å². The number of hydrogen-bond acceptors (Lipinski definition) is 3. The fourth-order valence-corrected chi connectivity index (χ4v) is 1.20. The van der Waals surface area contributed by atoms with Crippen LogP contribution in [0.25, 0.3) is 0 Å². The van der Waals surface area contributed by atoms with Crippen molar-refractivity contribution < 1.29 is 14.7 Å². The topological polar surface area (TPSA) is 66.4 Å². The predicted molar refractivity (Wildman–Crippen MR) is 54.2 cm³/mol. The predicted octanol–water partition coefficient (Wildman–Crippen LogP) is 1.05. The number of carboxylic acids is 1. The van der Waals surface area contributed by atoms with Gasteiger partial charge in [-0.05, 0) is 6.54 Å². The quantitative estimate of drug-likeness (QED) is 0.698. The molecule has 2 N–H and O–H groups in total. The van der Waals surface area contributed by atoms with Crippen molar-refractivity contribution in [2.75, 3.05) is 6.54 Å². The molecule has 0 radical (unpaired) electrons. The molecular formula is C10H19NO3. The van der Waals surface area contributed by atoms with Crippen LogP contribution in [0.4, 0.5) is 0 Å². The molecule has 0 saturated heterocycles. The number of carboxylic acid groups (broad SMARTS) is 1. The van der Waals surface area contributed by atoms with Gasteiger partial charge in [0.2, 0.25) is 0 Å². The molecule has 82 valence electrons. The molecule has 0 aliphatic heterocycles. The molecule has 0 bridgehead atoms. The SMILES string of the molecule is CCNC(CC(=O)O)C(=O)C(C)(C)C. The van der Waals surface area contributed by atoms with Gasteiger partial charge < -0.3 is 10.4 Å². The van der Waals surface area contributed by atoms with Gasteiger partial charge in [-0.25, -0.2) is 0 Å². The van der Waals surface area contributed by atoms with Crippen molar-refractivity contribution >= 4 is 11.8 Å². The molecule has 0 rings (SSSR count). The maximum Gasteiger partial charge on any atom is 0.305 e. The first kappa shape index (κ1) is 13.1. The summed E-state index contributed by atoms with van der Waals surface area (Å²) < 4.78 is 0. The fraction of sp³-hybridized carbons (Fsp3) is 0.800. The molecule has 0 aromatic heterocycles. The average molecular weight is 201 g/mol. The van der Waals surface area contributed by atoms with Crippen LogP contribution in [0.3, 0.4) is 0 Å². The van der Waals surface area contributed by atoms with Gasteiger partial charge >= 0.3 is 5.97 Å². The van der Waals surface area contributed by atoms with Crippen LogP contribution in [-0.4, -0.2) is 29.4 Å². The smallest absolute Gasteiger partial charge is 0.305 e. The van der Waals surface area contributed by atoms with Crippen LogP contribution in [0, 0.1) is 5.41 Å². The van der Waals surface area contributed by atoms with E-state index in [1.54, 1.807) is 20.8 Å². The molecule has 0 heterocycles. The number of carbonyl (C=O) groups excluding carboxylic acids is 1. The monoisotopic (exact) mass is 201 g/mol. The molecule has 14 heavy (non-hydrogen) atoms. The van der Waals surface area contributed by atoms with Gasteiger partial charge in [0.15, 0.2) is 5.78 Å². The van der Waals surface area contributed by atoms with Gasteiger partial charge in [0.25, 0.3) is 0 Å². The zero-order valence-corrected chi connectivity index (χ0v) is 9.26. The lowest BCUT2D eigenvalue weighted by Crippen LogP contribution is -2.44. The van der Waals surface area contributed by atoms with Crippen molar-refractivity contribution in [3.63, 3.8) is 0 Å². The van der Waals surface area contributed by atoms with Crippen molar-refractivity contribution in [2.24, 2.45) is 5.41 Å². The van der Waals surface area contributed by atoms with Gasteiger partial charge in [-0.15, -0.1) is 0 Å². The number of carbonyl (C=O) groups is 2. The Hall–Kier alpha value is -0.900. The third-order valence-corrected chi connectivity index (χ3v) is 1.88. The molecule has 0 aliphatic carbocycles. The number of aliphatic carboxylic acids is 1. The van der Waals surface area contributed by atoms with Crippen molar-refractivity contribution in [1.82, 2.24) is 5.32 Å². The van der Waals surface area contributed by atoms with Crippen molar-refractivity contribution in [3.8, 4) is 0 Å². The molecule has 1 atom stereocenters. The maximum atomic E-state index is 11.8. The summed E-state index contributed by atoms with van der Waals surface area (Å²) in [7, 11) is 0. The van der Waals surface area contributed by atoms with Crippen molar-refractivity contribution in [1.29, 1.82) is 0 Å². The first-order valence-corrected chi connectivity index (χ1v) is 4.78. The summed E-state index contributed by atoms with van der Waals surface area (Å²) in [6, 6.07) is -0.572. The van der Waals surface area contributed by atoms with Crippen molar-refractivity contribution in [2.45, 2.75) is 40.2 Å². The summed E-state index contributed by atoms with van der Waals surface area (Å²) in [6.45, 7) is 7.83. The Labute approximate surface area is 84.7 Å². The van der Waals surface area contributed by atoms with E-state index in [1.165, 1.54) is 0 Å². The van der Waals surface area contributed by atoms with E-state index in [2.05, 4.69) is 5.32 Å². The third-order valence-electron chi connectivity index (χ3n) is 1.88. The fourth-order valence-electron chi connectivity index (χ4n) is 1.20. The second kappa shape index (κ2) is 5.10. The van der Waals surface area contributed by atoms with Crippen LogP contribution < -0.4 is 5.32 Å². The summed E-state index contributed by atoms with van der Waals surface area (Å²) >= 11 is 0. The van der Waals surface area contributed by atoms with Gasteiger partial charge in [0.1, 0.15) is 0 Å². The zero-order valence-electron chi connectivity index (χ0n) is 9.26. The van der Waals surface area contributed by atoms with Gasteiger partial charge in [-0.3, -0.25) is 9.59 Å². The van der Waals surface area contributed by atoms with Gasteiger partial charge in [0, 0.05) is 5.41 Å². The third kappa shape index (κ3) is 4.37. The first-order valence-electron chi connectivity index (χ1n) is 4.78. The molecule has 0 aliphatic rings. The second-order valence-corrected chi connectivity index (χ2v) is 4.32. The van der Waals surface area contributed by atoms with E-state index in [4.69, 9.17) is 5.11 Å². The molecule has 0 aromatic rings. The van der Waals surface area contributed by atoms with E-state index >= 15 is 0 Å². The molecule has 0 spiro atoms. The minimum absolute atomic E-state index is 0.0539. The zero-order chi connectivity index (χ0) is 11.4. The number of ketones is 1. The molecule has 0 amide bonds. The Morgan fingerprint density at radius 1 is 1.36 bits per heavy atom. The van der Waals surface area contributed by atoms with Crippen LogP contribution in [0.2, 0.25) is 0 Å². The number of Topliss-reactive ketones (excluding diaryl/α,β-unsaturated/α-hetero) is 1. The highest BCUT2D eigenvalue weighted by Crippen LogP contribution is 2.18. The van der Waals surface area contributed by atoms with E-state index in [-0.39, 0.29) is 12.2 Å². The summed E-state index contributed by atoms with van der Waals surface area (Å²) in [5.41, 5.74) is -0.498. The lowest BCUT2D eigenvalue weighted by atomic mass is 9.85. The number of hydrogen-bond donors (Lipinski definition) is 2. The molecule has 0 saturated carbocycles. The van der Waals surface area contributed by atoms with Gasteiger partial charge in [-0.2, -0.15) is 0 Å². The van der Waals surface area contributed by atoms with E-state index in [9.17, 15) is 9.59 Å². The second-order valence-electron chi connectivity index (χ2n) is 4.32.